The Morgan fingerprint density at radius 1 is 1.42 bits per heavy atom. The predicted octanol–water partition coefficient (Wildman–Crippen LogP) is 3.74. The van der Waals surface area contributed by atoms with Crippen molar-refractivity contribution in [3.63, 3.8) is 0 Å². The van der Waals surface area contributed by atoms with E-state index in [0.717, 1.165) is 12.1 Å². The van der Waals surface area contributed by atoms with Gasteiger partial charge in [-0.2, -0.15) is 5.26 Å². The van der Waals surface area contributed by atoms with E-state index in [0.29, 0.717) is 0 Å². The van der Waals surface area contributed by atoms with Crippen LogP contribution in [0.2, 0.25) is 10.0 Å². The summed E-state index contributed by atoms with van der Waals surface area (Å²) < 4.78 is 40.0. The molecule has 0 aromatic heterocycles. The first kappa shape index (κ1) is 15.4. The van der Waals surface area contributed by atoms with E-state index < -0.39 is 29.5 Å². The van der Waals surface area contributed by atoms with Crippen molar-refractivity contribution in [2.45, 2.75) is 12.8 Å². The molecule has 1 rings (SSSR count). The highest BCUT2D eigenvalue weighted by Crippen LogP contribution is 2.38. The normalized spacial score (nSPS) is 10.7. The van der Waals surface area contributed by atoms with Crippen molar-refractivity contribution in [2.24, 2.45) is 0 Å². The number of nitriles is 1. The smallest absolute Gasteiger partial charge is 0.404 e. The lowest BCUT2D eigenvalue weighted by molar-refractivity contribution is -0.274. The minimum absolute atomic E-state index is 0.0612. The van der Waals surface area contributed by atoms with Gasteiger partial charge in [-0.15, -0.1) is 13.2 Å². The van der Waals surface area contributed by atoms with Crippen molar-refractivity contribution in [1.29, 1.82) is 5.26 Å². The Morgan fingerprint density at radius 2 is 2.05 bits per heavy atom. The fourth-order valence-electron chi connectivity index (χ4n) is 1.11. The number of benzene rings is 1. The molecule has 0 radical (unpaired) electrons. The molecule has 4 nitrogen and oxygen atoms in total. The van der Waals surface area contributed by atoms with Gasteiger partial charge in [0, 0.05) is 11.8 Å². The summed E-state index contributed by atoms with van der Waals surface area (Å²) in [7, 11) is 0. The number of carbonyl (C=O) groups is 1. The first-order chi connectivity index (χ1) is 8.73. The lowest BCUT2D eigenvalue weighted by Crippen LogP contribution is -2.18. The second-order valence-electron chi connectivity index (χ2n) is 3.20. The Morgan fingerprint density at radius 3 is 2.58 bits per heavy atom. The minimum Gasteiger partial charge on any atom is -0.404 e. The molecule has 0 atom stereocenters. The summed E-state index contributed by atoms with van der Waals surface area (Å²) in [6.45, 7) is 0. The summed E-state index contributed by atoms with van der Waals surface area (Å²) in [6, 6.07) is 3.58. The molecule has 0 aliphatic heterocycles. The number of alkyl halides is 3. The SMILES string of the molecule is N#CCC(=O)Nc1cc(Cl)c(Cl)c(OC(F)(F)F)c1. The van der Waals surface area contributed by atoms with Crippen LogP contribution in [0.1, 0.15) is 6.42 Å². The monoisotopic (exact) mass is 312 g/mol. The van der Waals surface area contributed by atoms with Crippen molar-refractivity contribution >= 4 is 34.8 Å². The van der Waals surface area contributed by atoms with E-state index in [-0.39, 0.29) is 10.7 Å². The summed E-state index contributed by atoms with van der Waals surface area (Å²) in [5.41, 5.74) is -0.0612. The maximum absolute atomic E-state index is 12.1. The summed E-state index contributed by atoms with van der Waals surface area (Å²) in [4.78, 5) is 11.1. The highest BCUT2D eigenvalue weighted by atomic mass is 35.5. The summed E-state index contributed by atoms with van der Waals surface area (Å²) >= 11 is 11.2. The zero-order valence-electron chi connectivity index (χ0n) is 9.02. The Bertz CT molecular complexity index is 541. The maximum Gasteiger partial charge on any atom is 0.573 e. The van der Waals surface area contributed by atoms with Crippen molar-refractivity contribution in [1.82, 2.24) is 0 Å². The third-order valence-corrected chi connectivity index (χ3v) is 2.53. The van der Waals surface area contributed by atoms with Gasteiger partial charge in [-0.25, -0.2) is 0 Å². The van der Waals surface area contributed by atoms with E-state index in [4.69, 9.17) is 28.5 Å². The Labute approximate surface area is 115 Å². The number of ether oxygens (including phenoxy) is 1. The maximum atomic E-state index is 12.1. The number of anilines is 1. The largest absolute Gasteiger partial charge is 0.573 e. The fraction of sp³-hybridized carbons (Fsp3) is 0.200. The lowest BCUT2D eigenvalue weighted by Gasteiger charge is -2.13. The Hall–Kier alpha value is -1.65. The van der Waals surface area contributed by atoms with Gasteiger partial charge < -0.3 is 10.1 Å². The molecule has 0 aliphatic carbocycles. The van der Waals surface area contributed by atoms with Crippen molar-refractivity contribution < 1.29 is 22.7 Å². The molecule has 0 saturated carbocycles. The van der Waals surface area contributed by atoms with Gasteiger partial charge in [-0.05, 0) is 6.07 Å². The molecule has 0 saturated heterocycles. The van der Waals surface area contributed by atoms with Crippen LogP contribution in [0.4, 0.5) is 18.9 Å². The molecule has 1 N–H and O–H groups in total. The van der Waals surface area contributed by atoms with Gasteiger partial charge >= 0.3 is 6.36 Å². The Balaban J connectivity index is 3.03. The van der Waals surface area contributed by atoms with Gasteiger partial charge in [0.05, 0.1) is 11.1 Å². The van der Waals surface area contributed by atoms with Crippen LogP contribution >= 0.6 is 23.2 Å². The Kier molecular flexibility index (Phi) is 4.86. The topological polar surface area (TPSA) is 62.1 Å². The van der Waals surface area contributed by atoms with E-state index >= 15 is 0 Å². The summed E-state index contributed by atoms with van der Waals surface area (Å²) in [6.07, 6.45) is -5.39. The van der Waals surface area contributed by atoms with Gasteiger partial charge in [-0.3, -0.25) is 4.79 Å². The van der Waals surface area contributed by atoms with Gasteiger partial charge in [0.25, 0.3) is 0 Å². The highest BCUT2D eigenvalue weighted by molar-refractivity contribution is 6.43. The quantitative estimate of drug-likeness (QED) is 0.924. The summed E-state index contributed by atoms with van der Waals surface area (Å²) in [5.74, 6) is -1.44. The number of halogens is 5. The molecule has 0 bridgehead atoms. The molecule has 0 spiro atoms. The molecule has 19 heavy (non-hydrogen) atoms. The number of nitrogens with one attached hydrogen (secondary N) is 1. The van der Waals surface area contributed by atoms with Gasteiger partial charge in [0.1, 0.15) is 11.4 Å². The van der Waals surface area contributed by atoms with E-state index in [1.165, 1.54) is 0 Å². The lowest BCUT2D eigenvalue weighted by atomic mass is 10.3. The fourth-order valence-corrected chi connectivity index (χ4v) is 1.47. The van der Waals surface area contributed by atoms with E-state index in [1.807, 2.05) is 0 Å². The number of amides is 1. The van der Waals surface area contributed by atoms with E-state index in [1.54, 1.807) is 6.07 Å². The van der Waals surface area contributed by atoms with E-state index in [2.05, 4.69) is 10.1 Å². The third kappa shape index (κ3) is 4.85. The molecule has 0 unspecified atom stereocenters. The zero-order valence-corrected chi connectivity index (χ0v) is 10.5. The van der Waals surface area contributed by atoms with Crippen LogP contribution in [-0.2, 0) is 4.79 Å². The minimum atomic E-state index is -4.94. The second kappa shape index (κ2) is 5.99. The summed E-state index contributed by atoms with van der Waals surface area (Å²) in [5, 5.41) is 9.82. The van der Waals surface area contributed by atoms with Gasteiger partial charge in [0.2, 0.25) is 5.91 Å². The average molecular weight is 313 g/mol. The molecule has 0 fully saturated rings. The van der Waals surface area contributed by atoms with Crippen LogP contribution < -0.4 is 10.1 Å². The molecule has 1 aromatic rings. The number of rotatable bonds is 3. The molecule has 0 aliphatic rings. The van der Waals surface area contributed by atoms with Crippen LogP contribution in [-0.4, -0.2) is 12.3 Å². The zero-order chi connectivity index (χ0) is 14.6. The number of nitrogens with zero attached hydrogens (tertiary/aromatic N) is 1. The number of hydrogen-bond acceptors (Lipinski definition) is 3. The highest BCUT2D eigenvalue weighted by Gasteiger charge is 2.32. The number of carbonyl (C=O) groups excluding carboxylic acids is 1. The first-order valence-electron chi connectivity index (χ1n) is 4.64. The standard InChI is InChI=1S/C10H5Cl2F3N2O2/c11-6-3-5(17-8(18)1-2-16)4-7(9(6)12)19-10(13,14)15/h3-4H,1H2,(H,17,18). The van der Waals surface area contributed by atoms with Crippen LogP contribution in [0.15, 0.2) is 12.1 Å². The molecular formula is C10H5Cl2F3N2O2. The third-order valence-electron chi connectivity index (χ3n) is 1.74. The van der Waals surface area contributed by atoms with Gasteiger partial charge in [-0.1, -0.05) is 23.2 Å². The van der Waals surface area contributed by atoms with Crippen LogP contribution in [0.5, 0.6) is 5.75 Å². The van der Waals surface area contributed by atoms with Crippen LogP contribution in [0.3, 0.4) is 0 Å². The van der Waals surface area contributed by atoms with Crippen molar-refractivity contribution in [3.05, 3.63) is 22.2 Å². The van der Waals surface area contributed by atoms with Gasteiger partial charge in [0.15, 0.2) is 5.75 Å². The predicted molar refractivity (Wildman–Crippen MR) is 62.0 cm³/mol. The molecule has 1 aromatic carbocycles. The number of hydrogen-bond donors (Lipinski definition) is 1. The first-order valence-corrected chi connectivity index (χ1v) is 5.40. The average Bonchev–Trinajstić information content (AvgIpc) is 2.23. The van der Waals surface area contributed by atoms with E-state index in [9.17, 15) is 18.0 Å². The molecule has 9 heteroatoms. The van der Waals surface area contributed by atoms with Crippen LogP contribution in [0.25, 0.3) is 0 Å². The van der Waals surface area contributed by atoms with Crippen LogP contribution in [0, 0.1) is 11.3 Å². The van der Waals surface area contributed by atoms with Crippen molar-refractivity contribution in [3.8, 4) is 11.8 Å². The molecule has 0 heterocycles. The molecule has 1 amide bonds. The molecule has 102 valence electrons. The molecular weight excluding hydrogens is 308 g/mol. The van der Waals surface area contributed by atoms with Crippen molar-refractivity contribution in [2.75, 3.05) is 5.32 Å². The second-order valence-corrected chi connectivity index (χ2v) is 3.99.